The van der Waals surface area contributed by atoms with E-state index in [0.29, 0.717) is 22.6 Å². The SMILES string of the molecule is NC(=O)C(O)(c1ccccc1)c1ccc2c(c1)OCO2. The molecule has 1 atom stereocenters. The molecule has 2 aromatic carbocycles. The van der Waals surface area contributed by atoms with Gasteiger partial charge in [-0.05, 0) is 17.7 Å². The Morgan fingerprint density at radius 1 is 1.05 bits per heavy atom. The number of rotatable bonds is 3. The second-order valence-corrected chi connectivity index (χ2v) is 4.51. The van der Waals surface area contributed by atoms with Crippen molar-refractivity contribution in [3.05, 3.63) is 59.7 Å². The van der Waals surface area contributed by atoms with E-state index in [4.69, 9.17) is 15.2 Å². The van der Waals surface area contributed by atoms with Crippen LogP contribution in [0, 0.1) is 0 Å². The molecule has 0 saturated heterocycles. The molecule has 0 radical (unpaired) electrons. The van der Waals surface area contributed by atoms with Crippen molar-refractivity contribution >= 4 is 5.91 Å². The summed E-state index contributed by atoms with van der Waals surface area (Å²) in [4.78, 5) is 11.8. The minimum absolute atomic E-state index is 0.124. The number of ether oxygens (including phenoxy) is 2. The van der Waals surface area contributed by atoms with E-state index in [0.717, 1.165) is 0 Å². The molecule has 2 aromatic rings. The molecule has 1 heterocycles. The second kappa shape index (κ2) is 4.54. The standard InChI is InChI=1S/C15H13NO4/c16-14(17)15(18,10-4-2-1-3-5-10)11-6-7-12-13(8-11)20-9-19-12/h1-8,18H,9H2,(H2,16,17). The summed E-state index contributed by atoms with van der Waals surface area (Å²) in [5.41, 5.74) is 4.27. The van der Waals surface area contributed by atoms with E-state index < -0.39 is 11.5 Å². The van der Waals surface area contributed by atoms with Crippen LogP contribution in [0.3, 0.4) is 0 Å². The van der Waals surface area contributed by atoms with E-state index in [1.165, 1.54) is 0 Å². The first-order valence-corrected chi connectivity index (χ1v) is 6.10. The number of benzene rings is 2. The Kier molecular flexibility index (Phi) is 2.84. The van der Waals surface area contributed by atoms with Gasteiger partial charge in [-0.15, -0.1) is 0 Å². The molecule has 5 nitrogen and oxygen atoms in total. The van der Waals surface area contributed by atoms with Gasteiger partial charge < -0.3 is 20.3 Å². The molecule has 0 saturated carbocycles. The molecule has 1 amide bonds. The predicted molar refractivity (Wildman–Crippen MR) is 71.2 cm³/mol. The zero-order valence-electron chi connectivity index (χ0n) is 10.6. The van der Waals surface area contributed by atoms with Crippen molar-refractivity contribution in [2.75, 3.05) is 6.79 Å². The molecule has 0 aromatic heterocycles. The highest BCUT2D eigenvalue weighted by Crippen LogP contribution is 2.38. The first-order valence-electron chi connectivity index (χ1n) is 6.10. The summed E-state index contributed by atoms with van der Waals surface area (Å²) in [6.45, 7) is 0.124. The number of nitrogens with two attached hydrogens (primary N) is 1. The molecule has 102 valence electrons. The minimum Gasteiger partial charge on any atom is -0.454 e. The third-order valence-electron chi connectivity index (χ3n) is 3.34. The van der Waals surface area contributed by atoms with Crippen LogP contribution in [0.5, 0.6) is 11.5 Å². The van der Waals surface area contributed by atoms with E-state index in [2.05, 4.69) is 0 Å². The first kappa shape index (κ1) is 12.5. The number of carbonyl (C=O) groups is 1. The van der Waals surface area contributed by atoms with Gasteiger partial charge in [0, 0.05) is 5.56 Å². The van der Waals surface area contributed by atoms with E-state index >= 15 is 0 Å². The van der Waals surface area contributed by atoms with Crippen molar-refractivity contribution in [2.24, 2.45) is 5.73 Å². The number of carbonyl (C=O) groups excluding carboxylic acids is 1. The fourth-order valence-electron chi connectivity index (χ4n) is 2.25. The van der Waals surface area contributed by atoms with E-state index in [-0.39, 0.29) is 6.79 Å². The lowest BCUT2D eigenvalue weighted by Gasteiger charge is -2.25. The summed E-state index contributed by atoms with van der Waals surface area (Å²) in [7, 11) is 0. The van der Waals surface area contributed by atoms with E-state index in [1.807, 2.05) is 0 Å². The predicted octanol–water partition coefficient (Wildman–Crippen LogP) is 1.14. The number of fused-ring (bicyclic) bond motifs is 1. The summed E-state index contributed by atoms with van der Waals surface area (Å²) < 4.78 is 10.5. The van der Waals surface area contributed by atoms with Crippen LogP contribution in [0.4, 0.5) is 0 Å². The average molecular weight is 271 g/mol. The summed E-state index contributed by atoms with van der Waals surface area (Å²) in [6.07, 6.45) is 0. The van der Waals surface area contributed by atoms with Crippen molar-refractivity contribution < 1.29 is 19.4 Å². The topological polar surface area (TPSA) is 81.8 Å². The maximum absolute atomic E-state index is 11.8. The molecule has 1 aliphatic rings. The third-order valence-corrected chi connectivity index (χ3v) is 3.34. The van der Waals surface area contributed by atoms with Gasteiger partial charge in [0.25, 0.3) is 5.91 Å². The lowest BCUT2D eigenvalue weighted by atomic mass is 9.85. The van der Waals surface area contributed by atoms with Gasteiger partial charge in [-0.25, -0.2) is 0 Å². The van der Waals surface area contributed by atoms with E-state index in [1.54, 1.807) is 48.5 Å². The Morgan fingerprint density at radius 3 is 2.45 bits per heavy atom. The lowest BCUT2D eigenvalue weighted by molar-refractivity contribution is -0.133. The Bertz CT molecular complexity index is 656. The highest BCUT2D eigenvalue weighted by atomic mass is 16.7. The van der Waals surface area contributed by atoms with E-state index in [9.17, 15) is 9.90 Å². The zero-order chi connectivity index (χ0) is 14.2. The summed E-state index contributed by atoms with van der Waals surface area (Å²) in [6, 6.07) is 13.4. The van der Waals surface area contributed by atoms with Gasteiger partial charge in [0.1, 0.15) is 0 Å². The van der Waals surface area contributed by atoms with Crippen molar-refractivity contribution in [1.29, 1.82) is 0 Å². The van der Waals surface area contributed by atoms with Crippen molar-refractivity contribution in [2.45, 2.75) is 5.60 Å². The molecule has 3 N–H and O–H groups in total. The van der Waals surface area contributed by atoms with Crippen molar-refractivity contribution in [1.82, 2.24) is 0 Å². The van der Waals surface area contributed by atoms with Gasteiger partial charge in [-0.2, -0.15) is 0 Å². The maximum Gasteiger partial charge on any atom is 0.258 e. The molecule has 5 heteroatoms. The van der Waals surface area contributed by atoms with Gasteiger partial charge in [0.05, 0.1) is 0 Å². The van der Waals surface area contributed by atoms with Crippen LogP contribution in [0.2, 0.25) is 0 Å². The zero-order valence-corrected chi connectivity index (χ0v) is 10.6. The Labute approximate surface area is 115 Å². The van der Waals surface area contributed by atoms with Crippen molar-refractivity contribution in [3.63, 3.8) is 0 Å². The van der Waals surface area contributed by atoms with Gasteiger partial charge >= 0.3 is 0 Å². The molecule has 0 aliphatic carbocycles. The number of hydrogen-bond donors (Lipinski definition) is 2. The molecule has 3 rings (SSSR count). The van der Waals surface area contributed by atoms with Crippen LogP contribution < -0.4 is 15.2 Å². The monoisotopic (exact) mass is 271 g/mol. The maximum atomic E-state index is 11.8. The van der Waals surface area contributed by atoms with Gasteiger partial charge in [-0.1, -0.05) is 36.4 Å². The number of amides is 1. The van der Waals surface area contributed by atoms with Gasteiger partial charge in [-0.3, -0.25) is 4.79 Å². The average Bonchev–Trinajstić information content (AvgIpc) is 2.94. The molecule has 1 aliphatic heterocycles. The fourth-order valence-corrected chi connectivity index (χ4v) is 2.25. The Hall–Kier alpha value is -2.53. The number of aliphatic hydroxyl groups is 1. The van der Waals surface area contributed by atoms with Crippen LogP contribution >= 0.6 is 0 Å². The quantitative estimate of drug-likeness (QED) is 0.877. The molecular weight excluding hydrogens is 258 g/mol. The van der Waals surface area contributed by atoms with Crippen LogP contribution in [-0.4, -0.2) is 17.8 Å². The summed E-state index contributed by atoms with van der Waals surface area (Å²) in [5.74, 6) is 0.217. The number of hydrogen-bond acceptors (Lipinski definition) is 4. The molecule has 0 spiro atoms. The third kappa shape index (κ3) is 1.80. The van der Waals surface area contributed by atoms with Crippen LogP contribution in [0.15, 0.2) is 48.5 Å². The Morgan fingerprint density at radius 2 is 1.75 bits per heavy atom. The summed E-state index contributed by atoms with van der Waals surface area (Å²) in [5, 5.41) is 10.8. The van der Waals surface area contributed by atoms with Crippen LogP contribution in [0.25, 0.3) is 0 Å². The summed E-state index contributed by atoms with van der Waals surface area (Å²) >= 11 is 0. The van der Waals surface area contributed by atoms with Crippen LogP contribution in [-0.2, 0) is 10.4 Å². The van der Waals surface area contributed by atoms with Gasteiger partial charge in [0.15, 0.2) is 17.1 Å². The minimum atomic E-state index is -1.90. The second-order valence-electron chi connectivity index (χ2n) is 4.51. The highest BCUT2D eigenvalue weighted by molar-refractivity contribution is 5.88. The Balaban J connectivity index is 2.14. The fraction of sp³-hybridized carbons (Fsp3) is 0.133. The molecular formula is C15H13NO4. The molecule has 0 bridgehead atoms. The first-order chi connectivity index (χ1) is 9.62. The van der Waals surface area contributed by atoms with Gasteiger partial charge in [0.2, 0.25) is 6.79 Å². The normalized spacial score (nSPS) is 15.7. The van der Waals surface area contributed by atoms with Crippen LogP contribution in [0.1, 0.15) is 11.1 Å². The highest BCUT2D eigenvalue weighted by Gasteiger charge is 2.39. The molecule has 20 heavy (non-hydrogen) atoms. The molecule has 0 fully saturated rings. The lowest BCUT2D eigenvalue weighted by Crippen LogP contribution is -2.42. The van der Waals surface area contributed by atoms with Crippen molar-refractivity contribution in [3.8, 4) is 11.5 Å². The number of primary amides is 1. The molecule has 1 unspecified atom stereocenters. The largest absolute Gasteiger partial charge is 0.454 e. The smallest absolute Gasteiger partial charge is 0.258 e.